The number of benzene rings is 1. The summed E-state index contributed by atoms with van der Waals surface area (Å²) < 4.78 is 0. The van der Waals surface area contributed by atoms with Gasteiger partial charge < -0.3 is 20.4 Å². The first-order valence-corrected chi connectivity index (χ1v) is 8.02. The molecule has 0 aliphatic heterocycles. The second kappa shape index (κ2) is 7.68. The maximum absolute atomic E-state index is 12.8. The number of hydrogen-bond acceptors (Lipinski definition) is 4. The van der Waals surface area contributed by atoms with E-state index in [4.69, 9.17) is 5.73 Å². The molecule has 5 nitrogen and oxygen atoms in total. The van der Waals surface area contributed by atoms with Crippen LogP contribution in [0.25, 0.3) is 0 Å². The maximum atomic E-state index is 12.8. The summed E-state index contributed by atoms with van der Waals surface area (Å²) in [4.78, 5) is 18.9. The lowest BCUT2D eigenvalue weighted by atomic mass is 9.94. The van der Waals surface area contributed by atoms with Gasteiger partial charge in [-0.05, 0) is 37.9 Å². The third kappa shape index (κ3) is 5.75. The largest absolute Gasteiger partial charge is 0.399 e. The van der Waals surface area contributed by atoms with Gasteiger partial charge in [-0.2, -0.15) is 0 Å². The number of rotatable bonds is 6. The van der Waals surface area contributed by atoms with Gasteiger partial charge in [-0.1, -0.05) is 20.8 Å². The summed E-state index contributed by atoms with van der Waals surface area (Å²) in [5.41, 5.74) is 8.45. The Labute approximate surface area is 141 Å². The lowest BCUT2D eigenvalue weighted by Gasteiger charge is -2.32. The Kier molecular flexibility index (Phi) is 6.45. The van der Waals surface area contributed by atoms with Crippen LogP contribution >= 0.6 is 0 Å². The van der Waals surface area contributed by atoms with Crippen molar-refractivity contribution in [2.75, 3.05) is 51.9 Å². The molecule has 0 unspecified atom stereocenters. The molecule has 5 heteroatoms. The van der Waals surface area contributed by atoms with Gasteiger partial charge in [-0.3, -0.25) is 4.79 Å². The van der Waals surface area contributed by atoms with Crippen molar-refractivity contribution in [3.05, 3.63) is 23.8 Å². The third-order valence-corrected chi connectivity index (χ3v) is 3.69. The van der Waals surface area contributed by atoms with E-state index >= 15 is 0 Å². The first kappa shape index (κ1) is 19.3. The Morgan fingerprint density at radius 1 is 1.09 bits per heavy atom. The van der Waals surface area contributed by atoms with Gasteiger partial charge in [-0.25, -0.2) is 0 Å². The smallest absolute Gasteiger partial charge is 0.228 e. The van der Waals surface area contributed by atoms with Crippen LogP contribution in [0.5, 0.6) is 0 Å². The lowest BCUT2D eigenvalue weighted by Crippen LogP contribution is -2.42. The van der Waals surface area contributed by atoms with Crippen molar-refractivity contribution >= 4 is 17.3 Å². The summed E-state index contributed by atoms with van der Waals surface area (Å²) in [6, 6.07) is 5.87. The van der Waals surface area contributed by atoms with Gasteiger partial charge in [0.15, 0.2) is 0 Å². The molecule has 0 fully saturated rings. The van der Waals surface area contributed by atoms with Crippen molar-refractivity contribution in [1.82, 2.24) is 9.80 Å². The predicted octanol–water partition coefficient (Wildman–Crippen LogP) is 2.27. The third-order valence-electron chi connectivity index (χ3n) is 3.69. The molecule has 23 heavy (non-hydrogen) atoms. The van der Waals surface area contributed by atoms with Crippen LogP contribution < -0.4 is 10.6 Å². The molecule has 0 saturated carbocycles. The number of carbonyl (C=O) groups is 1. The van der Waals surface area contributed by atoms with Crippen molar-refractivity contribution in [2.45, 2.75) is 27.3 Å². The fourth-order valence-electron chi connectivity index (χ4n) is 2.42. The number of carbonyl (C=O) groups excluding carboxylic acids is 1. The predicted molar refractivity (Wildman–Crippen MR) is 98.6 cm³/mol. The minimum Gasteiger partial charge on any atom is -0.399 e. The second-order valence-electron chi connectivity index (χ2n) is 7.56. The van der Waals surface area contributed by atoms with Gasteiger partial charge in [0.25, 0.3) is 0 Å². The van der Waals surface area contributed by atoms with Crippen LogP contribution in [0.1, 0.15) is 26.3 Å². The summed E-state index contributed by atoms with van der Waals surface area (Å²) in [7, 11) is 8.05. The molecule has 0 bridgehead atoms. The van der Waals surface area contributed by atoms with Crippen LogP contribution in [0.15, 0.2) is 18.2 Å². The summed E-state index contributed by atoms with van der Waals surface area (Å²) in [6.07, 6.45) is 0. The minimum absolute atomic E-state index is 0.159. The minimum atomic E-state index is -0.398. The monoisotopic (exact) mass is 320 g/mol. The first-order valence-electron chi connectivity index (χ1n) is 8.02. The molecule has 1 aromatic rings. The average Bonchev–Trinajstić information content (AvgIpc) is 2.41. The first-order chi connectivity index (χ1) is 10.5. The summed E-state index contributed by atoms with van der Waals surface area (Å²) >= 11 is 0. The number of anilines is 2. The zero-order valence-corrected chi connectivity index (χ0v) is 15.7. The van der Waals surface area contributed by atoms with E-state index in [2.05, 4.69) is 9.80 Å². The van der Waals surface area contributed by atoms with E-state index in [9.17, 15) is 4.79 Å². The highest BCUT2D eigenvalue weighted by atomic mass is 16.2. The van der Waals surface area contributed by atoms with Crippen LogP contribution in [-0.4, -0.2) is 57.0 Å². The molecule has 2 N–H and O–H groups in total. The number of amides is 1. The number of nitrogens with zero attached hydrogens (tertiary/aromatic N) is 3. The van der Waals surface area contributed by atoms with E-state index in [0.717, 1.165) is 23.5 Å². The molecular formula is C18H32N4O. The van der Waals surface area contributed by atoms with Gasteiger partial charge >= 0.3 is 0 Å². The van der Waals surface area contributed by atoms with Crippen molar-refractivity contribution in [3.63, 3.8) is 0 Å². The molecule has 0 aliphatic rings. The molecule has 1 rings (SSSR count). The van der Waals surface area contributed by atoms with E-state index in [0.29, 0.717) is 13.1 Å². The van der Waals surface area contributed by atoms with Gasteiger partial charge in [0.05, 0.1) is 0 Å². The van der Waals surface area contributed by atoms with Gasteiger partial charge in [0.1, 0.15) is 0 Å². The molecule has 0 atom stereocenters. The van der Waals surface area contributed by atoms with Crippen molar-refractivity contribution in [2.24, 2.45) is 5.41 Å². The summed E-state index contributed by atoms with van der Waals surface area (Å²) in [6.45, 7) is 7.99. The molecule has 1 amide bonds. The summed E-state index contributed by atoms with van der Waals surface area (Å²) in [5, 5.41) is 0. The van der Waals surface area contributed by atoms with Crippen LogP contribution in [0, 0.1) is 5.41 Å². The van der Waals surface area contributed by atoms with E-state index < -0.39 is 5.41 Å². The number of nitrogen functional groups attached to an aromatic ring is 1. The van der Waals surface area contributed by atoms with E-state index in [1.54, 1.807) is 0 Å². The summed E-state index contributed by atoms with van der Waals surface area (Å²) in [5.74, 6) is 0.159. The SMILES string of the molecule is CN(C)CCN(Cc1cc(N)ccc1N(C)C)C(=O)C(C)(C)C. The average molecular weight is 320 g/mol. The maximum Gasteiger partial charge on any atom is 0.228 e. The van der Waals surface area contributed by atoms with Crippen molar-refractivity contribution in [3.8, 4) is 0 Å². The molecule has 0 spiro atoms. The van der Waals surface area contributed by atoms with E-state index in [-0.39, 0.29) is 5.91 Å². The Morgan fingerprint density at radius 3 is 2.17 bits per heavy atom. The molecule has 0 saturated heterocycles. The fraction of sp³-hybridized carbons (Fsp3) is 0.611. The molecular weight excluding hydrogens is 288 g/mol. The molecule has 0 radical (unpaired) electrons. The highest BCUT2D eigenvalue weighted by Gasteiger charge is 2.27. The number of likely N-dealkylation sites (N-methyl/N-ethyl adjacent to an activating group) is 1. The van der Waals surface area contributed by atoms with Crippen molar-refractivity contribution in [1.29, 1.82) is 0 Å². The van der Waals surface area contributed by atoms with Crippen LogP contribution in [0.3, 0.4) is 0 Å². The Hall–Kier alpha value is -1.75. The topological polar surface area (TPSA) is 52.8 Å². The molecule has 1 aromatic carbocycles. The van der Waals surface area contributed by atoms with Gasteiger partial charge in [0.2, 0.25) is 5.91 Å². The zero-order chi connectivity index (χ0) is 17.8. The standard InChI is InChI=1S/C18H32N4O/c1-18(2,3)17(23)22(11-10-20(4)5)13-14-12-15(19)8-9-16(14)21(6)7/h8-9,12H,10-11,13,19H2,1-7H3. The fourth-order valence-corrected chi connectivity index (χ4v) is 2.42. The Balaban J connectivity index is 3.09. The second-order valence-corrected chi connectivity index (χ2v) is 7.56. The van der Waals surface area contributed by atoms with Gasteiger partial charge in [0, 0.05) is 50.5 Å². The Bertz CT molecular complexity index is 532. The van der Waals surface area contributed by atoms with Gasteiger partial charge in [-0.15, -0.1) is 0 Å². The molecule has 0 aliphatic carbocycles. The van der Waals surface area contributed by atoms with E-state index in [1.807, 2.05) is 72.1 Å². The number of nitrogens with two attached hydrogens (primary N) is 1. The number of hydrogen-bond donors (Lipinski definition) is 1. The van der Waals surface area contributed by atoms with E-state index in [1.165, 1.54) is 0 Å². The molecule has 0 heterocycles. The highest BCUT2D eigenvalue weighted by Crippen LogP contribution is 2.25. The quantitative estimate of drug-likeness (QED) is 0.817. The lowest BCUT2D eigenvalue weighted by molar-refractivity contribution is -0.140. The van der Waals surface area contributed by atoms with Crippen LogP contribution in [-0.2, 0) is 11.3 Å². The molecule has 0 aromatic heterocycles. The van der Waals surface area contributed by atoms with Crippen LogP contribution in [0.2, 0.25) is 0 Å². The zero-order valence-electron chi connectivity index (χ0n) is 15.7. The Morgan fingerprint density at radius 2 is 1.70 bits per heavy atom. The normalized spacial score (nSPS) is 11.7. The molecule has 130 valence electrons. The van der Waals surface area contributed by atoms with Crippen molar-refractivity contribution < 1.29 is 4.79 Å². The highest BCUT2D eigenvalue weighted by molar-refractivity contribution is 5.81. The van der Waals surface area contributed by atoms with Crippen LogP contribution in [0.4, 0.5) is 11.4 Å².